The molecule has 1 fully saturated rings. The highest BCUT2D eigenvalue weighted by Gasteiger charge is 2.43. The van der Waals surface area contributed by atoms with Gasteiger partial charge in [0.25, 0.3) is 5.91 Å². The molecular weight excluding hydrogens is 423 g/mol. The van der Waals surface area contributed by atoms with Crippen LogP contribution in [0.4, 0.5) is 24.5 Å². The molecule has 0 aliphatic carbocycles. The molecule has 0 aromatic heterocycles. The van der Waals surface area contributed by atoms with E-state index in [0.29, 0.717) is 29.5 Å². The molecule has 2 aromatic carbocycles. The van der Waals surface area contributed by atoms with Crippen LogP contribution in [0.3, 0.4) is 0 Å². The molecule has 0 bridgehead atoms. The standard InChI is InChI=1S/C20H19ClF3N3O3/c21-14-1-7-17(8-2-14)30-13-18(28)25-15-3-5-16(6-4-15)26-9-11-27(12-10-26)19(29)20(22,23)24/h1-8H,9-13H2,(H,25,28). The van der Waals surface area contributed by atoms with E-state index in [1.54, 1.807) is 48.5 Å². The van der Waals surface area contributed by atoms with Gasteiger partial charge in [-0.25, -0.2) is 0 Å². The van der Waals surface area contributed by atoms with Crippen molar-refractivity contribution >= 4 is 34.8 Å². The van der Waals surface area contributed by atoms with Crippen LogP contribution in [0.1, 0.15) is 0 Å². The van der Waals surface area contributed by atoms with Crippen molar-refractivity contribution in [2.45, 2.75) is 6.18 Å². The number of anilines is 2. The van der Waals surface area contributed by atoms with E-state index >= 15 is 0 Å². The van der Waals surface area contributed by atoms with Crippen molar-refractivity contribution in [2.75, 3.05) is 43.0 Å². The number of hydrogen-bond acceptors (Lipinski definition) is 4. The zero-order valence-corrected chi connectivity index (χ0v) is 16.5. The minimum Gasteiger partial charge on any atom is -0.484 e. The zero-order valence-electron chi connectivity index (χ0n) is 15.8. The quantitative estimate of drug-likeness (QED) is 0.770. The minimum absolute atomic E-state index is 0.00112. The van der Waals surface area contributed by atoms with Crippen molar-refractivity contribution in [1.29, 1.82) is 0 Å². The third-order valence-electron chi connectivity index (χ3n) is 4.51. The SMILES string of the molecule is O=C(COc1ccc(Cl)cc1)Nc1ccc(N2CCN(C(=O)C(F)(F)F)CC2)cc1. The van der Waals surface area contributed by atoms with Gasteiger partial charge in [-0.15, -0.1) is 0 Å². The monoisotopic (exact) mass is 441 g/mol. The Morgan fingerprint density at radius 1 is 0.967 bits per heavy atom. The summed E-state index contributed by atoms with van der Waals surface area (Å²) in [5, 5.41) is 3.28. The summed E-state index contributed by atoms with van der Waals surface area (Å²) >= 11 is 5.79. The van der Waals surface area contributed by atoms with Gasteiger partial charge in [0.05, 0.1) is 0 Å². The summed E-state index contributed by atoms with van der Waals surface area (Å²) in [5.74, 6) is -1.62. The van der Waals surface area contributed by atoms with E-state index in [2.05, 4.69) is 5.32 Å². The van der Waals surface area contributed by atoms with Crippen molar-refractivity contribution in [2.24, 2.45) is 0 Å². The number of carbonyl (C=O) groups is 2. The van der Waals surface area contributed by atoms with Crippen LogP contribution in [-0.4, -0.2) is 55.7 Å². The second kappa shape index (κ2) is 9.25. The lowest BCUT2D eigenvalue weighted by Gasteiger charge is -2.36. The first kappa shape index (κ1) is 21.8. The van der Waals surface area contributed by atoms with E-state index in [0.717, 1.165) is 10.6 Å². The zero-order chi connectivity index (χ0) is 21.7. The van der Waals surface area contributed by atoms with Crippen molar-refractivity contribution in [3.05, 3.63) is 53.6 Å². The molecule has 160 valence electrons. The van der Waals surface area contributed by atoms with Gasteiger partial charge in [0, 0.05) is 42.6 Å². The van der Waals surface area contributed by atoms with Gasteiger partial charge in [0.1, 0.15) is 5.75 Å². The van der Waals surface area contributed by atoms with Crippen LogP contribution in [0.25, 0.3) is 0 Å². The molecule has 0 radical (unpaired) electrons. The summed E-state index contributed by atoms with van der Waals surface area (Å²) < 4.78 is 42.9. The highest BCUT2D eigenvalue weighted by atomic mass is 35.5. The Labute approximate surface area is 176 Å². The van der Waals surface area contributed by atoms with E-state index in [9.17, 15) is 22.8 Å². The fourth-order valence-electron chi connectivity index (χ4n) is 2.98. The van der Waals surface area contributed by atoms with Crippen LogP contribution >= 0.6 is 11.6 Å². The van der Waals surface area contributed by atoms with Crippen LogP contribution < -0.4 is 15.0 Å². The fourth-order valence-corrected chi connectivity index (χ4v) is 3.11. The summed E-state index contributed by atoms with van der Waals surface area (Å²) in [6.45, 7) is 0.418. The topological polar surface area (TPSA) is 61.9 Å². The van der Waals surface area contributed by atoms with Crippen molar-refractivity contribution in [1.82, 2.24) is 4.90 Å². The molecule has 2 amide bonds. The Kier molecular flexibility index (Phi) is 6.71. The Bertz CT molecular complexity index is 881. The summed E-state index contributed by atoms with van der Waals surface area (Å²) in [5.41, 5.74) is 1.36. The fraction of sp³-hybridized carbons (Fsp3) is 0.300. The molecular formula is C20H19ClF3N3O3. The third kappa shape index (κ3) is 5.79. The average Bonchev–Trinajstić information content (AvgIpc) is 2.73. The van der Waals surface area contributed by atoms with E-state index in [4.69, 9.17) is 16.3 Å². The Balaban J connectivity index is 1.47. The first-order valence-electron chi connectivity index (χ1n) is 9.12. The number of hydrogen-bond donors (Lipinski definition) is 1. The number of alkyl halides is 3. The number of nitrogens with zero attached hydrogens (tertiary/aromatic N) is 2. The maximum atomic E-state index is 12.5. The number of ether oxygens (including phenoxy) is 1. The molecule has 1 heterocycles. The van der Waals surface area contributed by atoms with E-state index in [1.165, 1.54) is 0 Å². The molecule has 0 saturated carbocycles. The summed E-state index contributed by atoms with van der Waals surface area (Å²) in [7, 11) is 0. The number of halogens is 4. The molecule has 1 saturated heterocycles. The molecule has 0 unspecified atom stereocenters. The molecule has 3 rings (SSSR count). The van der Waals surface area contributed by atoms with Crippen LogP contribution in [0.5, 0.6) is 5.75 Å². The van der Waals surface area contributed by atoms with Gasteiger partial charge in [0.2, 0.25) is 0 Å². The van der Waals surface area contributed by atoms with Gasteiger partial charge in [-0.2, -0.15) is 13.2 Å². The maximum absolute atomic E-state index is 12.5. The van der Waals surface area contributed by atoms with Gasteiger partial charge in [0.15, 0.2) is 6.61 Å². The Morgan fingerprint density at radius 2 is 1.57 bits per heavy atom. The lowest BCUT2D eigenvalue weighted by Crippen LogP contribution is -2.52. The predicted octanol–water partition coefficient (Wildman–Crippen LogP) is 3.57. The van der Waals surface area contributed by atoms with Crippen molar-refractivity contribution in [3.8, 4) is 5.75 Å². The van der Waals surface area contributed by atoms with Crippen molar-refractivity contribution in [3.63, 3.8) is 0 Å². The second-order valence-corrected chi connectivity index (χ2v) is 7.05. The average molecular weight is 442 g/mol. The number of rotatable bonds is 5. The molecule has 10 heteroatoms. The van der Waals surface area contributed by atoms with Gasteiger partial charge < -0.3 is 19.9 Å². The number of piperazine rings is 1. The molecule has 0 atom stereocenters. The molecule has 1 aliphatic heterocycles. The summed E-state index contributed by atoms with van der Waals surface area (Å²) in [4.78, 5) is 26.0. The van der Waals surface area contributed by atoms with Crippen LogP contribution in [0, 0.1) is 0 Å². The van der Waals surface area contributed by atoms with E-state index in [-0.39, 0.29) is 25.6 Å². The minimum atomic E-state index is -4.85. The number of benzene rings is 2. The first-order valence-corrected chi connectivity index (χ1v) is 9.49. The number of nitrogens with one attached hydrogen (secondary N) is 1. The summed E-state index contributed by atoms with van der Waals surface area (Å²) in [6, 6.07) is 13.6. The van der Waals surface area contributed by atoms with Gasteiger partial charge in [-0.05, 0) is 48.5 Å². The molecule has 2 aromatic rings. The molecule has 0 spiro atoms. The van der Waals surface area contributed by atoms with Crippen LogP contribution in [0.2, 0.25) is 5.02 Å². The highest BCUT2D eigenvalue weighted by Crippen LogP contribution is 2.23. The van der Waals surface area contributed by atoms with E-state index < -0.39 is 12.1 Å². The molecule has 6 nitrogen and oxygen atoms in total. The number of carbonyl (C=O) groups excluding carboxylic acids is 2. The van der Waals surface area contributed by atoms with Gasteiger partial charge in [-0.1, -0.05) is 11.6 Å². The third-order valence-corrected chi connectivity index (χ3v) is 4.76. The number of amides is 2. The van der Waals surface area contributed by atoms with Crippen LogP contribution in [0.15, 0.2) is 48.5 Å². The lowest BCUT2D eigenvalue weighted by atomic mass is 10.2. The second-order valence-electron chi connectivity index (χ2n) is 6.61. The largest absolute Gasteiger partial charge is 0.484 e. The molecule has 1 N–H and O–H groups in total. The summed E-state index contributed by atoms with van der Waals surface area (Å²) in [6.07, 6.45) is -4.85. The first-order chi connectivity index (χ1) is 14.2. The predicted molar refractivity (Wildman–Crippen MR) is 107 cm³/mol. The van der Waals surface area contributed by atoms with Gasteiger partial charge >= 0.3 is 12.1 Å². The lowest BCUT2D eigenvalue weighted by molar-refractivity contribution is -0.185. The van der Waals surface area contributed by atoms with Gasteiger partial charge in [-0.3, -0.25) is 9.59 Å². The smallest absolute Gasteiger partial charge is 0.471 e. The Hall–Kier alpha value is -2.94. The normalized spacial score (nSPS) is 14.4. The molecule has 30 heavy (non-hydrogen) atoms. The molecule has 1 aliphatic rings. The van der Waals surface area contributed by atoms with E-state index in [1.807, 2.05) is 4.90 Å². The highest BCUT2D eigenvalue weighted by molar-refractivity contribution is 6.30. The maximum Gasteiger partial charge on any atom is 0.471 e. The van der Waals surface area contributed by atoms with Crippen LogP contribution in [-0.2, 0) is 9.59 Å². The Morgan fingerprint density at radius 3 is 2.13 bits per heavy atom. The van der Waals surface area contributed by atoms with Crippen molar-refractivity contribution < 1.29 is 27.5 Å².